The van der Waals surface area contributed by atoms with Crippen molar-refractivity contribution < 1.29 is 0 Å². The van der Waals surface area contributed by atoms with Gasteiger partial charge < -0.3 is 0 Å². The molecule has 0 atom stereocenters. The van der Waals surface area contributed by atoms with Crippen LogP contribution in [-0.2, 0) is 0 Å². The molecule has 1 aromatic rings. The Morgan fingerprint density at radius 1 is 0.905 bits per heavy atom. The summed E-state index contributed by atoms with van der Waals surface area (Å²) in [5.41, 5.74) is 0. The Balaban J connectivity index is 1.76. The van der Waals surface area contributed by atoms with E-state index in [-0.39, 0.29) is 0 Å². The lowest BCUT2D eigenvalue weighted by molar-refractivity contribution is 1.56. The van der Waals surface area contributed by atoms with E-state index in [1.165, 1.54) is 39.7 Å². The maximum Gasteiger partial charge on any atom is 0.110 e. The predicted molar refractivity (Wildman–Crippen MR) is 124 cm³/mol. The zero-order valence-corrected chi connectivity index (χ0v) is 19.5. The van der Waals surface area contributed by atoms with Crippen molar-refractivity contribution >= 4 is 137 Å². The number of thioether (sulfide) groups is 6. The topological polar surface area (TPSA) is 0 Å². The van der Waals surface area contributed by atoms with Crippen LogP contribution in [0, 0.1) is 3.82 Å². The second-order valence-corrected chi connectivity index (χ2v) is 15.9. The molecule has 3 aliphatic rings. The van der Waals surface area contributed by atoms with Gasteiger partial charge in [0.15, 0.2) is 0 Å². The van der Waals surface area contributed by atoms with Gasteiger partial charge in [-0.05, 0) is 28.0 Å². The average Bonchev–Trinajstić information content (AvgIpc) is 3.15. The molecule has 0 aliphatic carbocycles. The van der Waals surface area contributed by atoms with Crippen LogP contribution in [0.2, 0.25) is 0 Å². The summed E-state index contributed by atoms with van der Waals surface area (Å²) in [4.78, 5) is 0. The summed E-state index contributed by atoms with van der Waals surface area (Å²) < 4.78 is 10.9. The lowest BCUT2D eigenvalue weighted by Crippen LogP contribution is -1.96. The minimum absolute atomic E-state index is 1.04. The van der Waals surface area contributed by atoms with Crippen LogP contribution in [0.5, 0.6) is 0 Å². The first-order valence-corrected chi connectivity index (χ1v) is 14.1. The molecule has 0 N–H and O–H groups in total. The zero-order valence-electron chi connectivity index (χ0n) is 10.0. The normalized spacial score (nSPS) is 24.6. The van der Waals surface area contributed by atoms with Crippen molar-refractivity contribution in [3.8, 4) is 0 Å². The lowest BCUT2D eigenvalue weighted by atomic mass is 10.9. The molecular formula is C11H5IS9. The maximum atomic E-state index is 5.61. The van der Waals surface area contributed by atoms with Crippen molar-refractivity contribution in [2.24, 2.45) is 0 Å². The quantitative estimate of drug-likeness (QED) is 0.264. The smallest absolute Gasteiger partial charge is 0.110 e. The van der Waals surface area contributed by atoms with Crippen molar-refractivity contribution in [2.75, 3.05) is 11.5 Å². The molecule has 21 heavy (non-hydrogen) atoms. The van der Waals surface area contributed by atoms with Gasteiger partial charge in [0.2, 0.25) is 0 Å². The lowest BCUT2D eigenvalue weighted by Gasteiger charge is -2.08. The van der Waals surface area contributed by atoms with Crippen molar-refractivity contribution in [3.63, 3.8) is 0 Å². The molecule has 3 aliphatic heterocycles. The summed E-state index contributed by atoms with van der Waals surface area (Å²) in [6, 6.07) is 0. The molecule has 110 valence electrons. The number of halogens is 1. The van der Waals surface area contributed by atoms with E-state index in [1.54, 1.807) is 11.3 Å². The van der Waals surface area contributed by atoms with Crippen LogP contribution >= 0.6 is 128 Å². The highest BCUT2D eigenvalue weighted by molar-refractivity contribution is 14.1. The standard InChI is InChI=1S/C11H5IS9/c12-4-3-16-7(17-4)5-6(13)19-10(18-5)11-20-8-9(21-11)15-2-1-14-8/h3H,1-2H2/b7-5+. The van der Waals surface area contributed by atoms with Gasteiger partial charge in [-0.25, -0.2) is 0 Å². The van der Waals surface area contributed by atoms with Gasteiger partial charge in [-0.1, -0.05) is 59.3 Å². The molecule has 0 fully saturated rings. The highest BCUT2D eigenvalue weighted by Crippen LogP contribution is 2.60. The first-order valence-electron chi connectivity index (χ1n) is 5.65. The fourth-order valence-corrected chi connectivity index (χ4v) is 14.7. The first kappa shape index (κ1) is 16.8. The Hall–Kier alpha value is 2.32. The van der Waals surface area contributed by atoms with Crippen molar-refractivity contribution in [1.29, 1.82) is 0 Å². The van der Waals surface area contributed by atoms with E-state index in [1.807, 2.05) is 81.9 Å². The minimum atomic E-state index is 1.04. The van der Waals surface area contributed by atoms with E-state index < -0.39 is 0 Å². The largest absolute Gasteiger partial charge is 0.119 e. The molecule has 0 nitrogen and oxygen atoms in total. The fourth-order valence-electron chi connectivity index (χ4n) is 1.63. The predicted octanol–water partition coefficient (Wildman–Crippen LogP) is 6.47. The number of hydrogen-bond acceptors (Lipinski definition) is 9. The van der Waals surface area contributed by atoms with Crippen LogP contribution in [0.15, 0.2) is 16.8 Å². The maximum absolute atomic E-state index is 5.61. The van der Waals surface area contributed by atoms with E-state index in [0.29, 0.717) is 0 Å². The van der Waals surface area contributed by atoms with Gasteiger partial charge >= 0.3 is 0 Å². The Labute approximate surface area is 174 Å². The molecule has 0 saturated carbocycles. The van der Waals surface area contributed by atoms with Crippen molar-refractivity contribution in [3.05, 3.63) is 29.0 Å². The third-order valence-electron chi connectivity index (χ3n) is 2.45. The molecular weight excluding hydrogens is 548 g/mol. The molecule has 1 aromatic heterocycles. The number of hydrogen-bond donors (Lipinski definition) is 0. The van der Waals surface area contributed by atoms with Crippen LogP contribution in [0.25, 0.3) is 8.47 Å². The third-order valence-corrected chi connectivity index (χ3v) is 15.6. The summed E-state index contributed by atoms with van der Waals surface area (Å²) in [6.45, 7) is 0. The van der Waals surface area contributed by atoms with Gasteiger partial charge in [0.1, 0.15) is 7.67 Å². The van der Waals surface area contributed by atoms with E-state index in [4.69, 9.17) is 12.2 Å². The SMILES string of the molecule is S=c1sc(=C2SC3=C(SCCS3)S2)s/c1=C1\SC=C(I)S1. The zero-order chi connectivity index (χ0) is 14.4. The second kappa shape index (κ2) is 7.28. The summed E-state index contributed by atoms with van der Waals surface area (Å²) in [7, 11) is 0. The van der Waals surface area contributed by atoms with Crippen LogP contribution in [-0.4, -0.2) is 11.5 Å². The summed E-state index contributed by atoms with van der Waals surface area (Å²) in [5, 5.41) is 2.21. The van der Waals surface area contributed by atoms with E-state index in [0.717, 1.165) is 3.82 Å². The Morgan fingerprint density at radius 3 is 2.24 bits per heavy atom. The van der Waals surface area contributed by atoms with E-state index in [9.17, 15) is 0 Å². The molecule has 0 aromatic carbocycles. The molecule has 0 bridgehead atoms. The minimum Gasteiger partial charge on any atom is -0.119 e. The highest BCUT2D eigenvalue weighted by Gasteiger charge is 2.26. The molecule has 0 unspecified atom stereocenters. The molecule has 4 rings (SSSR count). The van der Waals surface area contributed by atoms with Gasteiger partial charge in [-0.15, -0.1) is 46.2 Å². The summed E-state index contributed by atoms with van der Waals surface area (Å²) in [5.74, 6) is 2.48. The summed E-state index contributed by atoms with van der Waals surface area (Å²) >= 11 is 23.2. The van der Waals surface area contributed by atoms with Crippen LogP contribution in [0.3, 0.4) is 0 Å². The second-order valence-electron chi connectivity index (χ2n) is 3.80. The Bertz CT molecular complexity index is 820. The number of rotatable bonds is 0. The van der Waals surface area contributed by atoms with Crippen LogP contribution < -0.4 is 8.38 Å². The van der Waals surface area contributed by atoms with Gasteiger partial charge in [0.25, 0.3) is 0 Å². The third kappa shape index (κ3) is 3.64. The van der Waals surface area contributed by atoms with Gasteiger partial charge in [-0.3, -0.25) is 0 Å². The average molecular weight is 553 g/mol. The molecule has 4 heterocycles. The monoisotopic (exact) mass is 552 g/mol. The molecule has 0 spiro atoms. The van der Waals surface area contributed by atoms with Gasteiger partial charge in [-0.2, -0.15) is 0 Å². The summed E-state index contributed by atoms with van der Waals surface area (Å²) in [6.07, 6.45) is 0. The first-order chi connectivity index (χ1) is 10.2. The van der Waals surface area contributed by atoms with Gasteiger partial charge in [0, 0.05) is 11.5 Å². The van der Waals surface area contributed by atoms with Gasteiger partial charge in [0.05, 0.1) is 24.4 Å². The van der Waals surface area contributed by atoms with E-state index in [2.05, 4.69) is 28.0 Å². The Kier molecular flexibility index (Phi) is 5.82. The Morgan fingerprint density at radius 2 is 1.62 bits per heavy atom. The fraction of sp³-hybridized carbons (Fsp3) is 0.182. The molecule has 10 heteroatoms. The van der Waals surface area contributed by atoms with Crippen LogP contribution in [0.4, 0.5) is 0 Å². The van der Waals surface area contributed by atoms with E-state index >= 15 is 0 Å². The highest BCUT2D eigenvalue weighted by atomic mass is 127. The molecule has 0 saturated heterocycles. The van der Waals surface area contributed by atoms with Crippen molar-refractivity contribution in [2.45, 2.75) is 0 Å². The van der Waals surface area contributed by atoms with Crippen LogP contribution in [0.1, 0.15) is 0 Å². The molecule has 0 amide bonds. The molecule has 0 radical (unpaired) electrons. The van der Waals surface area contributed by atoms with Crippen molar-refractivity contribution in [1.82, 2.24) is 0 Å².